The van der Waals surface area contributed by atoms with Crippen molar-refractivity contribution in [1.82, 2.24) is 0 Å². The van der Waals surface area contributed by atoms with E-state index >= 15 is 0 Å². The number of ketones is 1. The molecule has 7 rings (SSSR count). The number of benzene rings is 2. The second-order valence-corrected chi connectivity index (χ2v) is 12.6. The molecule has 0 aromatic heterocycles. The van der Waals surface area contributed by atoms with E-state index in [-0.39, 0.29) is 11.3 Å². The first-order valence-electron chi connectivity index (χ1n) is 12.6. The second-order valence-electron chi connectivity index (χ2n) is 12.6. The van der Waals surface area contributed by atoms with Gasteiger partial charge in [-0.2, -0.15) is 0 Å². The molecule has 162 valence electrons. The fourth-order valence-corrected chi connectivity index (χ4v) is 8.24. The molecule has 1 nitrogen and oxygen atoms in total. The summed E-state index contributed by atoms with van der Waals surface area (Å²) in [5.74, 6) is 3.52. The van der Waals surface area contributed by atoms with E-state index in [1.54, 1.807) is 0 Å². The van der Waals surface area contributed by atoms with Gasteiger partial charge in [-0.25, -0.2) is 0 Å². The highest BCUT2D eigenvalue weighted by Crippen LogP contribution is 2.62. The van der Waals surface area contributed by atoms with Gasteiger partial charge in [-0.1, -0.05) is 63.2 Å². The highest BCUT2D eigenvalue weighted by molar-refractivity contribution is 6.07. The molecule has 4 fully saturated rings. The van der Waals surface area contributed by atoms with Crippen molar-refractivity contribution in [2.24, 2.45) is 29.1 Å². The van der Waals surface area contributed by atoms with Gasteiger partial charge in [-0.05, 0) is 102 Å². The average Bonchev–Trinajstić information content (AvgIpc) is 3.01. The van der Waals surface area contributed by atoms with Crippen molar-refractivity contribution in [3.63, 3.8) is 0 Å². The molecule has 1 heteroatoms. The molecule has 4 bridgehead atoms. The van der Waals surface area contributed by atoms with Crippen molar-refractivity contribution in [3.05, 3.63) is 59.2 Å². The fourth-order valence-electron chi connectivity index (χ4n) is 8.24. The highest BCUT2D eigenvalue weighted by atomic mass is 16.1. The Morgan fingerprint density at radius 1 is 0.871 bits per heavy atom. The third kappa shape index (κ3) is 3.31. The summed E-state index contributed by atoms with van der Waals surface area (Å²) in [5, 5.41) is 0. The van der Waals surface area contributed by atoms with Crippen LogP contribution in [0.1, 0.15) is 87.2 Å². The zero-order chi connectivity index (χ0) is 21.4. The highest BCUT2D eigenvalue weighted by Gasteiger charge is 2.52. The minimum atomic E-state index is 0.149. The first-order valence-corrected chi connectivity index (χ1v) is 12.6. The van der Waals surface area contributed by atoms with Crippen LogP contribution in [0.2, 0.25) is 0 Å². The molecular weight excluding hydrogens is 376 g/mol. The van der Waals surface area contributed by atoms with Gasteiger partial charge in [0.1, 0.15) is 0 Å². The normalized spacial score (nSPS) is 33.7. The van der Waals surface area contributed by atoms with Crippen LogP contribution in [-0.4, -0.2) is 5.78 Å². The van der Waals surface area contributed by atoms with Crippen molar-refractivity contribution < 1.29 is 4.79 Å². The molecule has 0 radical (unpaired) electrons. The van der Waals surface area contributed by atoms with Crippen LogP contribution in [0, 0.1) is 29.1 Å². The van der Waals surface area contributed by atoms with Gasteiger partial charge in [0, 0.05) is 11.5 Å². The number of carbonyl (C=O) groups is 1. The zero-order valence-electron chi connectivity index (χ0n) is 19.4. The summed E-state index contributed by atoms with van der Waals surface area (Å²) in [5.41, 5.74) is 6.62. The second kappa shape index (κ2) is 6.80. The molecule has 0 spiro atoms. The topological polar surface area (TPSA) is 17.1 Å². The van der Waals surface area contributed by atoms with E-state index < -0.39 is 0 Å². The maximum absolute atomic E-state index is 13.7. The summed E-state index contributed by atoms with van der Waals surface area (Å²) in [4.78, 5) is 13.7. The van der Waals surface area contributed by atoms with E-state index in [1.165, 1.54) is 55.2 Å². The van der Waals surface area contributed by atoms with Crippen LogP contribution in [-0.2, 0) is 11.8 Å². The minimum absolute atomic E-state index is 0.149. The molecule has 0 amide bonds. The summed E-state index contributed by atoms with van der Waals surface area (Å²) in [7, 11) is 0. The quantitative estimate of drug-likeness (QED) is 0.507. The van der Waals surface area contributed by atoms with Crippen LogP contribution in [0.4, 0.5) is 0 Å². The lowest BCUT2D eigenvalue weighted by Gasteiger charge is -2.57. The molecule has 2 aromatic carbocycles. The lowest BCUT2D eigenvalue weighted by atomic mass is 9.48. The van der Waals surface area contributed by atoms with Crippen molar-refractivity contribution in [2.75, 3.05) is 0 Å². The van der Waals surface area contributed by atoms with Crippen molar-refractivity contribution >= 4 is 5.78 Å². The molecule has 31 heavy (non-hydrogen) atoms. The Morgan fingerprint density at radius 3 is 2.06 bits per heavy atom. The standard InChI is InChI=1S/C30H36O/c1-29(2,3)25-9-7-22(8-10-25)26-6-4-5-23-14-24(28(31)27(23)26)18-30-15-19-11-20(16-30)13-21(12-19)17-30/h4-10,19-21,24H,11-18H2,1-3H3. The van der Waals surface area contributed by atoms with Gasteiger partial charge < -0.3 is 0 Å². The number of fused-ring (bicyclic) bond motifs is 1. The van der Waals surface area contributed by atoms with Crippen LogP contribution in [0.15, 0.2) is 42.5 Å². The van der Waals surface area contributed by atoms with Crippen LogP contribution in [0.25, 0.3) is 11.1 Å². The van der Waals surface area contributed by atoms with Crippen molar-refractivity contribution in [3.8, 4) is 11.1 Å². The van der Waals surface area contributed by atoms with Gasteiger partial charge in [0.05, 0.1) is 0 Å². The minimum Gasteiger partial charge on any atom is -0.294 e. The molecule has 1 atom stereocenters. The number of hydrogen-bond donors (Lipinski definition) is 0. The molecule has 0 aliphatic heterocycles. The number of hydrogen-bond acceptors (Lipinski definition) is 1. The van der Waals surface area contributed by atoms with E-state index in [4.69, 9.17) is 0 Å². The first kappa shape index (κ1) is 19.8. The monoisotopic (exact) mass is 412 g/mol. The van der Waals surface area contributed by atoms with E-state index in [9.17, 15) is 4.79 Å². The lowest BCUT2D eigenvalue weighted by Crippen LogP contribution is -2.47. The SMILES string of the molecule is CC(C)(C)c1ccc(-c2cccc3c2C(=O)C(CC24CC5CC(CC(C5)C2)C4)C3)cc1. The molecule has 1 unspecified atom stereocenters. The van der Waals surface area contributed by atoms with Gasteiger partial charge in [0.25, 0.3) is 0 Å². The number of Topliss-reactive ketones (excluding diaryl/α,β-unsaturated/α-hetero) is 1. The molecule has 2 aromatic rings. The van der Waals surface area contributed by atoms with Crippen LogP contribution < -0.4 is 0 Å². The Balaban J connectivity index is 1.28. The molecule has 4 saturated carbocycles. The van der Waals surface area contributed by atoms with E-state index in [2.05, 4.69) is 63.2 Å². The molecule has 0 heterocycles. The molecule has 5 aliphatic rings. The molecule has 0 N–H and O–H groups in total. The number of carbonyl (C=O) groups excluding carboxylic acids is 1. The molecule has 0 saturated heterocycles. The molecular formula is C30H36O. The van der Waals surface area contributed by atoms with Crippen molar-refractivity contribution in [1.29, 1.82) is 0 Å². The Morgan fingerprint density at radius 2 is 1.48 bits per heavy atom. The summed E-state index contributed by atoms with van der Waals surface area (Å²) >= 11 is 0. The summed E-state index contributed by atoms with van der Waals surface area (Å²) in [6, 6.07) is 15.4. The average molecular weight is 413 g/mol. The van der Waals surface area contributed by atoms with Crippen LogP contribution in [0.5, 0.6) is 0 Å². The summed E-state index contributed by atoms with van der Waals surface area (Å²) in [6.07, 6.45) is 10.8. The third-order valence-corrected chi connectivity index (χ3v) is 9.14. The predicted octanol–water partition coefficient (Wildman–Crippen LogP) is 7.61. The summed E-state index contributed by atoms with van der Waals surface area (Å²) in [6.45, 7) is 6.75. The van der Waals surface area contributed by atoms with Crippen molar-refractivity contribution in [2.45, 2.75) is 77.6 Å². The maximum atomic E-state index is 13.7. The zero-order valence-corrected chi connectivity index (χ0v) is 19.4. The van der Waals surface area contributed by atoms with Gasteiger partial charge in [0.15, 0.2) is 5.78 Å². The van der Waals surface area contributed by atoms with Gasteiger partial charge in [0.2, 0.25) is 0 Å². The van der Waals surface area contributed by atoms with E-state index in [0.29, 0.717) is 11.2 Å². The Kier molecular flexibility index (Phi) is 4.34. The van der Waals surface area contributed by atoms with Crippen LogP contribution in [0.3, 0.4) is 0 Å². The van der Waals surface area contributed by atoms with Crippen LogP contribution >= 0.6 is 0 Å². The van der Waals surface area contributed by atoms with Gasteiger partial charge in [-0.3, -0.25) is 4.79 Å². The Bertz CT molecular complexity index is 984. The summed E-state index contributed by atoms with van der Waals surface area (Å²) < 4.78 is 0. The fraction of sp³-hybridized carbons (Fsp3) is 0.567. The smallest absolute Gasteiger partial charge is 0.167 e. The predicted molar refractivity (Wildman–Crippen MR) is 127 cm³/mol. The first-order chi connectivity index (χ1) is 14.8. The largest absolute Gasteiger partial charge is 0.294 e. The van der Waals surface area contributed by atoms with E-state index in [0.717, 1.165) is 41.7 Å². The maximum Gasteiger partial charge on any atom is 0.167 e. The molecule has 5 aliphatic carbocycles. The lowest BCUT2D eigenvalue weighted by molar-refractivity contribution is -0.0629. The Hall–Kier alpha value is -1.89. The van der Waals surface area contributed by atoms with Gasteiger partial charge in [-0.15, -0.1) is 0 Å². The van der Waals surface area contributed by atoms with E-state index in [1.807, 2.05) is 0 Å². The third-order valence-electron chi connectivity index (χ3n) is 9.14. The number of rotatable bonds is 3. The Labute approximate surface area is 187 Å². The van der Waals surface area contributed by atoms with Gasteiger partial charge >= 0.3 is 0 Å².